The van der Waals surface area contributed by atoms with Gasteiger partial charge in [-0.1, -0.05) is 71.6 Å². The predicted octanol–water partition coefficient (Wildman–Crippen LogP) is 6.94. The first-order valence-electron chi connectivity index (χ1n) is 11.0. The summed E-state index contributed by atoms with van der Waals surface area (Å²) in [5.74, 6) is 1.32. The average Bonchev–Trinajstić information content (AvgIpc) is 2.65. The normalized spacial score (nSPS) is 12.0. The summed E-state index contributed by atoms with van der Waals surface area (Å²) in [7, 11) is 0. The van der Waals surface area contributed by atoms with E-state index in [1.165, 1.54) is 57.8 Å². The highest BCUT2D eigenvalue weighted by Crippen LogP contribution is 2.18. The molecule has 0 aliphatic carbocycles. The molecule has 0 aromatic heterocycles. The van der Waals surface area contributed by atoms with Gasteiger partial charge in [0.25, 0.3) is 0 Å². The predicted molar refractivity (Wildman–Crippen MR) is 109 cm³/mol. The van der Waals surface area contributed by atoms with Crippen molar-refractivity contribution in [1.29, 1.82) is 0 Å². The third kappa shape index (κ3) is 15.4. The third-order valence-electron chi connectivity index (χ3n) is 4.24. The number of hydrogen-bond donors (Lipinski definition) is 0. The highest BCUT2D eigenvalue weighted by molar-refractivity contribution is 4.95. The van der Waals surface area contributed by atoms with Gasteiger partial charge < -0.3 is 18.9 Å². The molecule has 0 rings (SSSR count). The maximum atomic E-state index is 5.73. The molecule has 0 aromatic rings. The summed E-state index contributed by atoms with van der Waals surface area (Å²) in [6.07, 6.45) is 14.8. The molecule has 0 aliphatic heterocycles. The molecule has 26 heavy (non-hydrogen) atoms. The zero-order valence-corrected chi connectivity index (χ0v) is 17.9. The second kappa shape index (κ2) is 20.4. The summed E-state index contributed by atoms with van der Waals surface area (Å²) in [6, 6.07) is 0. The molecule has 0 saturated heterocycles. The summed E-state index contributed by atoms with van der Waals surface area (Å²) in [5.41, 5.74) is 0. The fraction of sp³-hybridized carbons (Fsp3) is 0.909. The van der Waals surface area contributed by atoms with Gasteiger partial charge in [0.1, 0.15) is 0 Å². The van der Waals surface area contributed by atoms with Crippen molar-refractivity contribution in [3.05, 3.63) is 11.7 Å². The van der Waals surface area contributed by atoms with Crippen LogP contribution in [0.1, 0.15) is 105 Å². The smallest absolute Gasteiger partial charge is 0.321 e. The van der Waals surface area contributed by atoms with Crippen LogP contribution in [0.5, 0.6) is 0 Å². The van der Waals surface area contributed by atoms with E-state index >= 15 is 0 Å². The maximum absolute atomic E-state index is 5.73. The minimum atomic E-state index is 0.232. The molecule has 0 aliphatic rings. The molecule has 4 nitrogen and oxygen atoms in total. The molecule has 156 valence electrons. The van der Waals surface area contributed by atoms with Gasteiger partial charge in [0, 0.05) is 6.42 Å². The van der Waals surface area contributed by atoms with Crippen molar-refractivity contribution in [1.82, 2.24) is 0 Å². The van der Waals surface area contributed by atoms with Crippen LogP contribution in [0.2, 0.25) is 0 Å². The Balaban J connectivity index is 3.94. The Morgan fingerprint density at radius 2 is 1.15 bits per heavy atom. The molecule has 0 amide bonds. The van der Waals surface area contributed by atoms with Gasteiger partial charge in [-0.3, -0.25) is 0 Å². The summed E-state index contributed by atoms with van der Waals surface area (Å²) >= 11 is 0. The van der Waals surface area contributed by atoms with Crippen molar-refractivity contribution in [3.8, 4) is 0 Å². The molecule has 0 bridgehead atoms. The van der Waals surface area contributed by atoms with Gasteiger partial charge in [0.2, 0.25) is 0 Å². The Hall–Kier alpha value is -0.900. The summed E-state index contributed by atoms with van der Waals surface area (Å²) in [6.45, 7) is 10.6. The highest BCUT2D eigenvalue weighted by Gasteiger charge is 2.11. The third-order valence-corrected chi connectivity index (χ3v) is 4.24. The van der Waals surface area contributed by atoms with Gasteiger partial charge in [-0.25, -0.2) is 0 Å². The molecule has 0 radical (unpaired) electrons. The standard InChI is InChI=1S/C22H44O4/c1-5-9-11-12-13-14-15-17-19-23-20-26-22(25-8-4)21(24-7-3)18-16-10-6-2/h5-20H2,1-4H3/b22-21-. The summed E-state index contributed by atoms with van der Waals surface area (Å²) < 4.78 is 22.7. The Bertz CT molecular complexity index is 315. The number of allylic oxidation sites excluding steroid dienone is 1. The lowest BCUT2D eigenvalue weighted by molar-refractivity contribution is -0.0823. The number of unbranched alkanes of at least 4 members (excludes halogenated alkanes) is 9. The molecule has 0 heterocycles. The van der Waals surface area contributed by atoms with E-state index in [1.54, 1.807) is 0 Å². The lowest BCUT2D eigenvalue weighted by atomic mass is 10.1. The van der Waals surface area contributed by atoms with Gasteiger partial charge >= 0.3 is 5.95 Å². The van der Waals surface area contributed by atoms with Gasteiger partial charge in [0.05, 0.1) is 19.8 Å². The van der Waals surface area contributed by atoms with Gasteiger partial charge in [-0.15, -0.1) is 0 Å². The van der Waals surface area contributed by atoms with Crippen molar-refractivity contribution in [2.24, 2.45) is 0 Å². The van der Waals surface area contributed by atoms with E-state index in [4.69, 9.17) is 18.9 Å². The van der Waals surface area contributed by atoms with Crippen LogP contribution in [0.15, 0.2) is 11.7 Å². The van der Waals surface area contributed by atoms with Crippen molar-refractivity contribution >= 4 is 0 Å². The van der Waals surface area contributed by atoms with Crippen molar-refractivity contribution in [2.75, 3.05) is 26.6 Å². The molecule has 0 saturated carbocycles. The van der Waals surface area contributed by atoms with Crippen LogP contribution < -0.4 is 0 Å². The van der Waals surface area contributed by atoms with Gasteiger partial charge in [-0.2, -0.15) is 0 Å². The molecule has 0 aromatic carbocycles. The van der Waals surface area contributed by atoms with E-state index in [-0.39, 0.29) is 6.79 Å². The zero-order valence-electron chi connectivity index (χ0n) is 17.9. The van der Waals surface area contributed by atoms with Crippen molar-refractivity contribution < 1.29 is 18.9 Å². The first-order chi connectivity index (χ1) is 12.8. The van der Waals surface area contributed by atoms with Crippen LogP contribution in [-0.4, -0.2) is 26.6 Å². The highest BCUT2D eigenvalue weighted by atomic mass is 16.7. The van der Waals surface area contributed by atoms with Crippen molar-refractivity contribution in [3.63, 3.8) is 0 Å². The van der Waals surface area contributed by atoms with Crippen LogP contribution >= 0.6 is 0 Å². The Kier molecular flexibility index (Phi) is 19.7. The topological polar surface area (TPSA) is 36.9 Å². The second-order valence-corrected chi connectivity index (χ2v) is 6.68. The quantitative estimate of drug-likeness (QED) is 0.132. The first kappa shape index (κ1) is 25.1. The SMILES string of the molecule is CCCCCCCCCCOCO/C(OCC)=C(/CCCCC)OCC. The number of hydrogen-bond acceptors (Lipinski definition) is 4. The first-order valence-corrected chi connectivity index (χ1v) is 11.0. The molecule has 0 atom stereocenters. The van der Waals surface area contributed by atoms with Crippen LogP contribution in [0.25, 0.3) is 0 Å². The average molecular weight is 373 g/mol. The monoisotopic (exact) mass is 372 g/mol. The lowest BCUT2D eigenvalue weighted by Gasteiger charge is -2.16. The molecule has 0 N–H and O–H groups in total. The number of ether oxygens (including phenoxy) is 4. The van der Waals surface area contributed by atoms with E-state index in [0.717, 1.165) is 31.6 Å². The molecule has 0 fully saturated rings. The maximum Gasteiger partial charge on any atom is 0.321 e. The van der Waals surface area contributed by atoms with Crippen LogP contribution in [0.4, 0.5) is 0 Å². The van der Waals surface area contributed by atoms with E-state index in [0.29, 0.717) is 19.2 Å². The fourth-order valence-electron chi connectivity index (χ4n) is 2.77. The number of rotatable bonds is 20. The van der Waals surface area contributed by atoms with E-state index in [9.17, 15) is 0 Å². The van der Waals surface area contributed by atoms with Crippen molar-refractivity contribution in [2.45, 2.75) is 105 Å². The minimum Gasteiger partial charge on any atom is -0.491 e. The molecular weight excluding hydrogens is 328 g/mol. The largest absolute Gasteiger partial charge is 0.491 e. The zero-order chi connectivity index (χ0) is 19.3. The van der Waals surface area contributed by atoms with Gasteiger partial charge in [-0.05, 0) is 26.7 Å². The Labute approximate surface area is 162 Å². The molecule has 4 heteroatoms. The lowest BCUT2D eigenvalue weighted by Crippen LogP contribution is -2.09. The van der Waals surface area contributed by atoms with Crippen LogP contribution in [-0.2, 0) is 18.9 Å². The minimum absolute atomic E-state index is 0.232. The molecule has 0 spiro atoms. The van der Waals surface area contributed by atoms with E-state index in [2.05, 4.69) is 13.8 Å². The summed E-state index contributed by atoms with van der Waals surface area (Å²) in [4.78, 5) is 0. The van der Waals surface area contributed by atoms with Gasteiger partial charge in [0.15, 0.2) is 12.6 Å². The Morgan fingerprint density at radius 1 is 0.577 bits per heavy atom. The second-order valence-electron chi connectivity index (χ2n) is 6.68. The fourth-order valence-corrected chi connectivity index (χ4v) is 2.77. The molecule has 0 unspecified atom stereocenters. The summed E-state index contributed by atoms with van der Waals surface area (Å²) in [5, 5.41) is 0. The van der Waals surface area contributed by atoms with Crippen LogP contribution in [0, 0.1) is 0 Å². The van der Waals surface area contributed by atoms with E-state index in [1.807, 2.05) is 13.8 Å². The Morgan fingerprint density at radius 3 is 1.77 bits per heavy atom. The van der Waals surface area contributed by atoms with E-state index < -0.39 is 0 Å². The van der Waals surface area contributed by atoms with Crippen LogP contribution in [0.3, 0.4) is 0 Å². The molecular formula is C22H44O4.